The molecular formula is C15H22ClN3O2. The van der Waals surface area contributed by atoms with Crippen LogP contribution in [0.1, 0.15) is 24.8 Å². The van der Waals surface area contributed by atoms with Gasteiger partial charge in [0.15, 0.2) is 0 Å². The van der Waals surface area contributed by atoms with E-state index in [1.165, 1.54) is 0 Å². The number of anilines is 1. The number of amides is 2. The molecular weight excluding hydrogens is 290 g/mol. The Morgan fingerprint density at radius 2 is 2.00 bits per heavy atom. The fourth-order valence-electron chi connectivity index (χ4n) is 2.24. The Bertz CT molecular complexity index is 476. The maximum absolute atomic E-state index is 11.6. The number of nitrogens with one attached hydrogen (secondary N) is 2. The van der Waals surface area contributed by atoms with Crippen LogP contribution in [0.25, 0.3) is 0 Å². The molecule has 1 saturated heterocycles. The molecule has 21 heavy (non-hydrogen) atoms. The fraction of sp³-hybridized carbons (Fsp3) is 0.467. The van der Waals surface area contributed by atoms with Crippen molar-refractivity contribution in [1.82, 2.24) is 10.6 Å². The van der Waals surface area contributed by atoms with Gasteiger partial charge in [0.1, 0.15) is 0 Å². The van der Waals surface area contributed by atoms with E-state index in [4.69, 9.17) is 0 Å². The second-order valence-corrected chi connectivity index (χ2v) is 4.95. The van der Waals surface area contributed by atoms with Gasteiger partial charge < -0.3 is 15.5 Å². The van der Waals surface area contributed by atoms with Gasteiger partial charge in [-0.2, -0.15) is 0 Å². The summed E-state index contributed by atoms with van der Waals surface area (Å²) in [7, 11) is 1.83. The first-order valence-electron chi connectivity index (χ1n) is 7.01. The molecule has 1 fully saturated rings. The van der Waals surface area contributed by atoms with E-state index in [0.717, 1.165) is 24.2 Å². The van der Waals surface area contributed by atoms with Gasteiger partial charge in [-0.15, -0.1) is 12.4 Å². The standard InChI is InChI=1S/C15H21N3O2.ClH/c1-16-9-8-14(19)17-11-12-4-6-13(7-5-12)18-10-2-3-15(18)20;/h4-7,16H,2-3,8-11H2,1H3,(H,17,19);1H. The predicted molar refractivity (Wildman–Crippen MR) is 85.7 cm³/mol. The van der Waals surface area contributed by atoms with E-state index in [2.05, 4.69) is 10.6 Å². The van der Waals surface area contributed by atoms with E-state index in [0.29, 0.717) is 25.9 Å². The van der Waals surface area contributed by atoms with E-state index in [9.17, 15) is 9.59 Å². The number of rotatable bonds is 6. The van der Waals surface area contributed by atoms with Crippen molar-refractivity contribution in [3.05, 3.63) is 29.8 Å². The first-order chi connectivity index (χ1) is 9.70. The SMILES string of the molecule is CNCCC(=O)NCc1ccc(N2CCCC2=O)cc1.Cl. The zero-order chi connectivity index (χ0) is 14.4. The largest absolute Gasteiger partial charge is 0.352 e. The Balaban J connectivity index is 0.00000220. The van der Waals surface area contributed by atoms with Gasteiger partial charge >= 0.3 is 0 Å². The predicted octanol–water partition coefficient (Wildman–Crippen LogP) is 1.46. The molecule has 0 spiro atoms. The van der Waals surface area contributed by atoms with Crippen molar-refractivity contribution in [1.29, 1.82) is 0 Å². The summed E-state index contributed by atoms with van der Waals surface area (Å²) in [6, 6.07) is 7.80. The molecule has 0 aromatic heterocycles. The van der Waals surface area contributed by atoms with Crippen LogP contribution in [0.3, 0.4) is 0 Å². The molecule has 0 bridgehead atoms. The Kier molecular flexibility index (Phi) is 7.19. The van der Waals surface area contributed by atoms with Crippen LogP contribution in [0, 0.1) is 0 Å². The number of halogens is 1. The topological polar surface area (TPSA) is 61.4 Å². The first kappa shape index (κ1) is 17.5. The molecule has 6 heteroatoms. The lowest BCUT2D eigenvalue weighted by Gasteiger charge is -2.16. The number of hydrogen-bond donors (Lipinski definition) is 2. The van der Waals surface area contributed by atoms with E-state index in [-0.39, 0.29) is 24.2 Å². The second-order valence-electron chi connectivity index (χ2n) is 4.95. The van der Waals surface area contributed by atoms with E-state index >= 15 is 0 Å². The highest BCUT2D eigenvalue weighted by Gasteiger charge is 2.21. The molecule has 0 unspecified atom stereocenters. The minimum absolute atomic E-state index is 0. The summed E-state index contributed by atoms with van der Waals surface area (Å²) >= 11 is 0. The lowest BCUT2D eigenvalue weighted by molar-refractivity contribution is -0.121. The van der Waals surface area contributed by atoms with Gasteiger partial charge in [-0.05, 0) is 31.2 Å². The van der Waals surface area contributed by atoms with Crippen LogP contribution in [0.4, 0.5) is 5.69 Å². The molecule has 1 aliphatic rings. The molecule has 2 amide bonds. The van der Waals surface area contributed by atoms with Crippen molar-refractivity contribution in [3.8, 4) is 0 Å². The van der Waals surface area contributed by atoms with Crippen LogP contribution in [-0.2, 0) is 16.1 Å². The number of benzene rings is 1. The van der Waals surface area contributed by atoms with Crippen molar-refractivity contribution in [2.45, 2.75) is 25.8 Å². The third-order valence-electron chi connectivity index (χ3n) is 3.41. The molecule has 0 atom stereocenters. The van der Waals surface area contributed by atoms with E-state index in [1.54, 1.807) is 0 Å². The second kappa shape index (κ2) is 8.64. The molecule has 5 nitrogen and oxygen atoms in total. The molecule has 0 radical (unpaired) electrons. The normalized spacial score (nSPS) is 14.0. The molecule has 116 valence electrons. The van der Waals surface area contributed by atoms with Crippen molar-refractivity contribution in [2.24, 2.45) is 0 Å². The number of carbonyl (C=O) groups is 2. The summed E-state index contributed by atoms with van der Waals surface area (Å²) in [6.07, 6.45) is 2.06. The Morgan fingerprint density at radius 1 is 1.29 bits per heavy atom. The molecule has 0 aliphatic carbocycles. The maximum atomic E-state index is 11.6. The number of hydrogen-bond acceptors (Lipinski definition) is 3. The zero-order valence-electron chi connectivity index (χ0n) is 12.2. The fourth-order valence-corrected chi connectivity index (χ4v) is 2.24. The average Bonchev–Trinajstić information content (AvgIpc) is 2.89. The van der Waals surface area contributed by atoms with Crippen LogP contribution in [0.5, 0.6) is 0 Å². The number of carbonyl (C=O) groups excluding carboxylic acids is 2. The van der Waals surface area contributed by atoms with Gasteiger partial charge in [0.2, 0.25) is 11.8 Å². The molecule has 1 aliphatic heterocycles. The highest BCUT2D eigenvalue weighted by atomic mass is 35.5. The van der Waals surface area contributed by atoms with Crippen LogP contribution in [0.15, 0.2) is 24.3 Å². The van der Waals surface area contributed by atoms with Crippen LogP contribution in [0.2, 0.25) is 0 Å². The lowest BCUT2D eigenvalue weighted by Crippen LogP contribution is -2.26. The molecule has 2 rings (SSSR count). The maximum Gasteiger partial charge on any atom is 0.227 e. The molecule has 1 heterocycles. The smallest absolute Gasteiger partial charge is 0.227 e. The quantitative estimate of drug-likeness (QED) is 0.836. The van der Waals surface area contributed by atoms with E-state index < -0.39 is 0 Å². The summed E-state index contributed by atoms with van der Waals surface area (Å²) in [4.78, 5) is 24.9. The Hall–Kier alpha value is -1.59. The van der Waals surface area contributed by atoms with Gasteiger partial charge in [0.25, 0.3) is 0 Å². The first-order valence-corrected chi connectivity index (χ1v) is 7.01. The van der Waals surface area contributed by atoms with Crippen molar-refractivity contribution < 1.29 is 9.59 Å². The van der Waals surface area contributed by atoms with Crippen LogP contribution in [-0.4, -0.2) is 32.0 Å². The van der Waals surface area contributed by atoms with Gasteiger partial charge in [0, 0.05) is 38.2 Å². The average molecular weight is 312 g/mol. The monoisotopic (exact) mass is 311 g/mol. The summed E-state index contributed by atoms with van der Waals surface area (Å²) in [5, 5.41) is 5.81. The zero-order valence-corrected chi connectivity index (χ0v) is 13.0. The summed E-state index contributed by atoms with van der Waals surface area (Å²) in [6.45, 7) is 2.01. The third-order valence-corrected chi connectivity index (χ3v) is 3.41. The van der Waals surface area contributed by atoms with Gasteiger partial charge in [-0.25, -0.2) is 0 Å². The van der Waals surface area contributed by atoms with Gasteiger partial charge in [-0.1, -0.05) is 12.1 Å². The highest BCUT2D eigenvalue weighted by Crippen LogP contribution is 2.21. The van der Waals surface area contributed by atoms with Crippen molar-refractivity contribution in [2.75, 3.05) is 25.0 Å². The van der Waals surface area contributed by atoms with Crippen LogP contribution >= 0.6 is 12.4 Å². The van der Waals surface area contributed by atoms with Gasteiger partial charge in [-0.3, -0.25) is 9.59 Å². The van der Waals surface area contributed by atoms with E-state index in [1.807, 2.05) is 36.2 Å². The molecule has 1 aromatic rings. The molecule has 1 aromatic carbocycles. The highest BCUT2D eigenvalue weighted by molar-refractivity contribution is 5.95. The van der Waals surface area contributed by atoms with Crippen molar-refractivity contribution in [3.63, 3.8) is 0 Å². The summed E-state index contributed by atoms with van der Waals surface area (Å²) in [5.74, 6) is 0.233. The van der Waals surface area contributed by atoms with Crippen molar-refractivity contribution >= 4 is 29.9 Å². The Labute approximate surface area is 131 Å². The number of nitrogens with zero attached hydrogens (tertiary/aromatic N) is 1. The third kappa shape index (κ3) is 5.02. The summed E-state index contributed by atoms with van der Waals surface area (Å²) in [5.41, 5.74) is 1.98. The summed E-state index contributed by atoms with van der Waals surface area (Å²) < 4.78 is 0. The minimum atomic E-state index is 0. The van der Waals surface area contributed by atoms with Gasteiger partial charge in [0.05, 0.1) is 0 Å². The lowest BCUT2D eigenvalue weighted by atomic mass is 10.2. The Morgan fingerprint density at radius 3 is 2.57 bits per heavy atom. The molecule has 2 N–H and O–H groups in total. The van der Waals surface area contributed by atoms with Crippen LogP contribution < -0.4 is 15.5 Å². The minimum Gasteiger partial charge on any atom is -0.352 e. The molecule has 0 saturated carbocycles.